The average Bonchev–Trinajstić information content (AvgIpc) is 2.27. The van der Waals surface area contributed by atoms with E-state index in [0.29, 0.717) is 6.04 Å². The van der Waals surface area contributed by atoms with Crippen LogP contribution < -0.4 is 0 Å². The summed E-state index contributed by atoms with van der Waals surface area (Å²) >= 11 is 0. The second-order valence-corrected chi connectivity index (χ2v) is 5.58. The molecule has 0 aromatic carbocycles. The van der Waals surface area contributed by atoms with Gasteiger partial charge in [0.25, 0.3) is 0 Å². The van der Waals surface area contributed by atoms with E-state index in [2.05, 4.69) is 24.8 Å². The highest BCUT2D eigenvalue weighted by Gasteiger charge is 2.16. The molecular formula is C14H28N2O. The van der Waals surface area contributed by atoms with E-state index in [1.165, 1.54) is 0 Å². The second-order valence-electron chi connectivity index (χ2n) is 5.58. The van der Waals surface area contributed by atoms with Crippen LogP contribution in [0.15, 0.2) is 0 Å². The molecule has 0 N–H and O–H groups in total. The van der Waals surface area contributed by atoms with Crippen LogP contribution in [0, 0.1) is 16.7 Å². The minimum absolute atomic E-state index is 0.171. The largest absolute Gasteiger partial charge is 0.383 e. The summed E-state index contributed by atoms with van der Waals surface area (Å²) < 4.78 is 5.12. The Hall–Kier alpha value is -0.590. The molecule has 0 aromatic heterocycles. The van der Waals surface area contributed by atoms with E-state index < -0.39 is 0 Å². The Bertz CT molecular complexity index is 231. The van der Waals surface area contributed by atoms with Crippen molar-refractivity contribution in [2.75, 3.05) is 26.8 Å². The molecule has 0 saturated heterocycles. The quantitative estimate of drug-likeness (QED) is 0.581. The molecule has 0 saturated carbocycles. The fraction of sp³-hybridized carbons (Fsp3) is 0.929. The molecule has 100 valence electrons. The SMILES string of the molecule is COCCN(CCCCC(C)(C)C#N)C(C)C. The highest BCUT2D eigenvalue weighted by Crippen LogP contribution is 2.21. The summed E-state index contributed by atoms with van der Waals surface area (Å²) in [5, 5.41) is 8.93. The predicted octanol–water partition coefficient (Wildman–Crippen LogP) is 3.06. The van der Waals surface area contributed by atoms with E-state index in [0.717, 1.165) is 39.0 Å². The van der Waals surface area contributed by atoms with Gasteiger partial charge in [-0.3, -0.25) is 4.90 Å². The van der Waals surface area contributed by atoms with E-state index in [1.807, 2.05) is 13.8 Å². The summed E-state index contributed by atoms with van der Waals surface area (Å²) in [4.78, 5) is 2.43. The molecule has 0 radical (unpaired) electrons. The number of rotatable bonds is 9. The number of hydrogen-bond acceptors (Lipinski definition) is 3. The molecule has 0 aliphatic rings. The third kappa shape index (κ3) is 8.18. The van der Waals surface area contributed by atoms with Gasteiger partial charge in [-0.25, -0.2) is 0 Å². The lowest BCUT2D eigenvalue weighted by molar-refractivity contribution is 0.127. The van der Waals surface area contributed by atoms with Gasteiger partial charge in [0.2, 0.25) is 0 Å². The van der Waals surface area contributed by atoms with Gasteiger partial charge < -0.3 is 4.74 Å². The molecule has 0 aliphatic carbocycles. The van der Waals surface area contributed by atoms with Crippen molar-refractivity contribution in [1.82, 2.24) is 4.90 Å². The first-order chi connectivity index (χ1) is 7.93. The zero-order valence-electron chi connectivity index (χ0n) is 12.1. The minimum atomic E-state index is -0.171. The number of nitriles is 1. The molecule has 0 spiro atoms. The first-order valence-corrected chi connectivity index (χ1v) is 6.57. The Balaban J connectivity index is 3.80. The van der Waals surface area contributed by atoms with Crippen LogP contribution in [-0.2, 0) is 4.74 Å². The molecule has 0 bridgehead atoms. The fourth-order valence-corrected chi connectivity index (χ4v) is 1.77. The van der Waals surface area contributed by atoms with Gasteiger partial charge in [-0.1, -0.05) is 6.42 Å². The summed E-state index contributed by atoms with van der Waals surface area (Å²) in [6.45, 7) is 11.3. The van der Waals surface area contributed by atoms with Crippen molar-refractivity contribution in [3.63, 3.8) is 0 Å². The predicted molar refractivity (Wildman–Crippen MR) is 71.8 cm³/mol. The lowest BCUT2D eigenvalue weighted by Gasteiger charge is -2.26. The molecule has 3 heteroatoms. The van der Waals surface area contributed by atoms with Crippen molar-refractivity contribution in [2.45, 2.75) is 53.0 Å². The molecule has 0 atom stereocenters. The summed E-state index contributed by atoms with van der Waals surface area (Å²) in [6, 6.07) is 2.92. The van der Waals surface area contributed by atoms with Gasteiger partial charge in [-0.15, -0.1) is 0 Å². The van der Waals surface area contributed by atoms with Crippen molar-refractivity contribution in [2.24, 2.45) is 5.41 Å². The first kappa shape index (κ1) is 16.4. The maximum atomic E-state index is 8.93. The molecule has 0 heterocycles. The maximum Gasteiger partial charge on any atom is 0.0683 e. The topological polar surface area (TPSA) is 36.3 Å². The molecule has 0 amide bonds. The van der Waals surface area contributed by atoms with Crippen molar-refractivity contribution >= 4 is 0 Å². The average molecular weight is 240 g/mol. The molecule has 0 aromatic rings. The van der Waals surface area contributed by atoms with Crippen LogP contribution in [0.1, 0.15) is 47.0 Å². The van der Waals surface area contributed by atoms with Crippen LogP contribution in [0.25, 0.3) is 0 Å². The van der Waals surface area contributed by atoms with E-state index in [1.54, 1.807) is 7.11 Å². The Morgan fingerprint density at radius 1 is 1.24 bits per heavy atom. The Morgan fingerprint density at radius 3 is 2.35 bits per heavy atom. The Morgan fingerprint density at radius 2 is 1.88 bits per heavy atom. The van der Waals surface area contributed by atoms with Crippen molar-refractivity contribution in [1.29, 1.82) is 5.26 Å². The third-order valence-corrected chi connectivity index (χ3v) is 3.11. The van der Waals surface area contributed by atoms with E-state index >= 15 is 0 Å². The lowest BCUT2D eigenvalue weighted by atomic mass is 9.89. The summed E-state index contributed by atoms with van der Waals surface area (Å²) in [7, 11) is 1.74. The molecular weight excluding hydrogens is 212 g/mol. The lowest BCUT2D eigenvalue weighted by Crippen LogP contribution is -2.34. The van der Waals surface area contributed by atoms with Crippen LogP contribution in [0.2, 0.25) is 0 Å². The van der Waals surface area contributed by atoms with Gasteiger partial charge >= 0.3 is 0 Å². The number of methoxy groups -OCH3 is 1. The Labute approximate surface area is 107 Å². The summed E-state index contributed by atoms with van der Waals surface area (Å²) in [5.74, 6) is 0. The normalized spacial score (nSPS) is 12.1. The van der Waals surface area contributed by atoms with Gasteiger partial charge in [-0.2, -0.15) is 5.26 Å². The molecule has 17 heavy (non-hydrogen) atoms. The van der Waals surface area contributed by atoms with E-state index in [-0.39, 0.29) is 5.41 Å². The third-order valence-electron chi connectivity index (χ3n) is 3.11. The molecule has 0 unspecified atom stereocenters. The fourth-order valence-electron chi connectivity index (χ4n) is 1.77. The van der Waals surface area contributed by atoms with Crippen molar-refractivity contribution < 1.29 is 4.74 Å². The number of ether oxygens (including phenoxy) is 1. The molecule has 3 nitrogen and oxygen atoms in total. The van der Waals surface area contributed by atoms with E-state index in [9.17, 15) is 0 Å². The van der Waals surface area contributed by atoms with Gasteiger partial charge in [0.15, 0.2) is 0 Å². The summed E-state index contributed by atoms with van der Waals surface area (Å²) in [6.07, 6.45) is 3.27. The highest BCUT2D eigenvalue weighted by molar-refractivity contribution is 4.91. The first-order valence-electron chi connectivity index (χ1n) is 6.57. The van der Waals surface area contributed by atoms with Gasteiger partial charge in [0, 0.05) is 19.7 Å². The van der Waals surface area contributed by atoms with Crippen LogP contribution in [0.3, 0.4) is 0 Å². The van der Waals surface area contributed by atoms with Crippen LogP contribution in [-0.4, -0.2) is 37.7 Å². The van der Waals surface area contributed by atoms with Crippen molar-refractivity contribution in [3.8, 4) is 6.07 Å². The monoisotopic (exact) mass is 240 g/mol. The summed E-state index contributed by atoms with van der Waals surface area (Å²) in [5.41, 5.74) is -0.171. The number of hydrogen-bond donors (Lipinski definition) is 0. The standard InChI is InChI=1S/C14H28N2O/c1-13(2)16(10-11-17-5)9-7-6-8-14(3,4)12-15/h13H,6-11H2,1-5H3. The minimum Gasteiger partial charge on any atom is -0.383 e. The smallest absolute Gasteiger partial charge is 0.0683 e. The van der Waals surface area contributed by atoms with Gasteiger partial charge in [0.1, 0.15) is 0 Å². The molecule has 0 aliphatic heterocycles. The van der Waals surface area contributed by atoms with Gasteiger partial charge in [-0.05, 0) is 47.1 Å². The van der Waals surface area contributed by atoms with Crippen LogP contribution in [0.4, 0.5) is 0 Å². The molecule has 0 rings (SSSR count). The van der Waals surface area contributed by atoms with Crippen LogP contribution in [0.5, 0.6) is 0 Å². The highest BCUT2D eigenvalue weighted by atomic mass is 16.5. The van der Waals surface area contributed by atoms with Gasteiger partial charge in [0.05, 0.1) is 18.1 Å². The van der Waals surface area contributed by atoms with Crippen molar-refractivity contribution in [3.05, 3.63) is 0 Å². The molecule has 0 fully saturated rings. The number of unbranched alkanes of at least 4 members (excludes halogenated alkanes) is 1. The zero-order chi connectivity index (χ0) is 13.3. The second kappa shape index (κ2) is 8.49. The zero-order valence-corrected chi connectivity index (χ0v) is 12.1. The van der Waals surface area contributed by atoms with E-state index in [4.69, 9.17) is 10.00 Å². The maximum absolute atomic E-state index is 8.93. The number of nitrogens with zero attached hydrogens (tertiary/aromatic N) is 2. The van der Waals surface area contributed by atoms with Crippen LogP contribution >= 0.6 is 0 Å². The Kier molecular flexibility index (Phi) is 8.20.